The zero-order valence-electron chi connectivity index (χ0n) is 11.8. The molecule has 1 N–H and O–H groups in total. The highest BCUT2D eigenvalue weighted by Crippen LogP contribution is 2.40. The van der Waals surface area contributed by atoms with Gasteiger partial charge in [0.2, 0.25) is 5.91 Å². The van der Waals surface area contributed by atoms with Crippen molar-refractivity contribution < 1.29 is 37.0 Å². The van der Waals surface area contributed by atoms with Gasteiger partial charge >= 0.3 is 6.18 Å². The highest BCUT2D eigenvalue weighted by atomic mass is 19.4. The molecule has 0 unspecified atom stereocenters. The molecule has 0 saturated carbocycles. The van der Waals surface area contributed by atoms with E-state index in [4.69, 9.17) is 4.74 Å². The number of hydrogen-bond donors (Lipinski definition) is 1. The fourth-order valence-electron chi connectivity index (χ4n) is 2.92. The lowest BCUT2D eigenvalue weighted by molar-refractivity contribution is -0.313. The standard InChI is InChI=1S/C15H11F4NO4/c16-7-2-1-6(15(17,18)19)5-8(7)20-13(21)11-9-3-4-10(24-9)12(11)14(22)23/h1-5,9-12H,(H,20,21)(H,22,23)/p-1/t9-,10+,11-,12+/m1/s1. The maximum Gasteiger partial charge on any atom is 0.416 e. The third-order valence-corrected chi connectivity index (χ3v) is 4.03. The molecule has 1 amide bonds. The smallest absolute Gasteiger partial charge is 0.416 e. The molecule has 5 nitrogen and oxygen atoms in total. The van der Waals surface area contributed by atoms with E-state index in [0.717, 1.165) is 0 Å². The van der Waals surface area contributed by atoms with E-state index < -0.39 is 59.2 Å². The molecule has 0 aromatic heterocycles. The molecule has 3 rings (SSSR count). The van der Waals surface area contributed by atoms with E-state index in [2.05, 4.69) is 0 Å². The Hall–Kier alpha value is -2.42. The van der Waals surface area contributed by atoms with Gasteiger partial charge in [-0.05, 0) is 18.2 Å². The Kier molecular flexibility index (Phi) is 3.83. The van der Waals surface area contributed by atoms with Crippen molar-refractivity contribution in [3.05, 3.63) is 41.7 Å². The van der Waals surface area contributed by atoms with Crippen LogP contribution < -0.4 is 10.4 Å². The SMILES string of the molecule is O=C([O-])[C@@H]1[C@H](C(=O)Nc2cc(C(F)(F)F)ccc2F)[C@H]2C=C[C@@H]1O2. The molecule has 2 bridgehead atoms. The number of rotatable bonds is 3. The number of carbonyl (C=O) groups is 2. The molecule has 1 aromatic rings. The van der Waals surface area contributed by atoms with Crippen LogP contribution in [0.15, 0.2) is 30.4 Å². The number of alkyl halides is 3. The van der Waals surface area contributed by atoms with E-state index in [-0.39, 0.29) is 0 Å². The van der Waals surface area contributed by atoms with Crippen LogP contribution in [0.4, 0.5) is 23.2 Å². The molecular weight excluding hydrogens is 334 g/mol. The van der Waals surface area contributed by atoms with Gasteiger partial charge in [0.1, 0.15) is 5.82 Å². The van der Waals surface area contributed by atoms with Crippen molar-refractivity contribution in [1.82, 2.24) is 0 Å². The van der Waals surface area contributed by atoms with Crippen molar-refractivity contribution >= 4 is 17.6 Å². The van der Waals surface area contributed by atoms with Gasteiger partial charge in [-0.25, -0.2) is 4.39 Å². The number of carboxylic acids is 1. The Morgan fingerprint density at radius 3 is 2.33 bits per heavy atom. The summed E-state index contributed by atoms with van der Waals surface area (Å²) in [7, 11) is 0. The minimum absolute atomic E-state index is 0.450. The van der Waals surface area contributed by atoms with Crippen molar-refractivity contribution in [2.45, 2.75) is 18.4 Å². The maximum atomic E-state index is 13.7. The monoisotopic (exact) mass is 344 g/mol. The average Bonchev–Trinajstić information content (AvgIpc) is 3.08. The lowest BCUT2D eigenvalue weighted by Crippen LogP contribution is -2.45. The number of carboxylic acid groups (broad SMARTS) is 1. The third kappa shape index (κ3) is 2.75. The van der Waals surface area contributed by atoms with Crippen LogP contribution >= 0.6 is 0 Å². The Morgan fingerprint density at radius 2 is 1.75 bits per heavy atom. The normalized spacial score (nSPS) is 28.2. The van der Waals surface area contributed by atoms with Crippen LogP contribution in [0.2, 0.25) is 0 Å². The zero-order chi connectivity index (χ0) is 17.6. The number of carbonyl (C=O) groups excluding carboxylic acids is 2. The summed E-state index contributed by atoms with van der Waals surface area (Å²) in [6, 6.07) is 1.56. The van der Waals surface area contributed by atoms with Gasteiger partial charge in [-0.3, -0.25) is 4.79 Å². The molecule has 24 heavy (non-hydrogen) atoms. The third-order valence-electron chi connectivity index (χ3n) is 4.03. The van der Waals surface area contributed by atoms with Gasteiger partial charge in [0.05, 0.1) is 29.4 Å². The highest BCUT2D eigenvalue weighted by molar-refractivity contribution is 5.96. The van der Waals surface area contributed by atoms with Crippen LogP contribution in [0, 0.1) is 17.7 Å². The number of ether oxygens (including phenoxy) is 1. The van der Waals surface area contributed by atoms with E-state index in [1.807, 2.05) is 5.32 Å². The van der Waals surface area contributed by atoms with E-state index in [1.54, 1.807) is 0 Å². The van der Waals surface area contributed by atoms with Crippen molar-refractivity contribution in [1.29, 1.82) is 0 Å². The predicted octanol–water partition coefficient (Wildman–Crippen LogP) is 1.10. The first kappa shape index (κ1) is 16.4. The largest absolute Gasteiger partial charge is 0.550 e. The van der Waals surface area contributed by atoms with Gasteiger partial charge in [0.25, 0.3) is 0 Å². The topological polar surface area (TPSA) is 78.5 Å². The Balaban J connectivity index is 1.85. The fourth-order valence-corrected chi connectivity index (χ4v) is 2.92. The zero-order valence-corrected chi connectivity index (χ0v) is 11.8. The van der Waals surface area contributed by atoms with E-state index >= 15 is 0 Å². The quantitative estimate of drug-likeness (QED) is 0.658. The molecule has 128 valence electrons. The molecule has 1 aromatic carbocycles. The number of amides is 1. The maximum absolute atomic E-state index is 13.7. The van der Waals surface area contributed by atoms with Crippen molar-refractivity contribution in [2.75, 3.05) is 5.32 Å². The summed E-state index contributed by atoms with van der Waals surface area (Å²) < 4.78 is 57.0. The molecule has 1 fully saturated rings. The lowest BCUT2D eigenvalue weighted by Gasteiger charge is -2.25. The lowest BCUT2D eigenvalue weighted by atomic mass is 9.82. The van der Waals surface area contributed by atoms with Crippen LogP contribution in [0.3, 0.4) is 0 Å². The molecule has 2 heterocycles. The van der Waals surface area contributed by atoms with Gasteiger partial charge in [0.15, 0.2) is 0 Å². The molecule has 9 heteroatoms. The van der Waals surface area contributed by atoms with Gasteiger partial charge < -0.3 is 20.0 Å². The number of benzene rings is 1. The Labute approximate surface area is 132 Å². The minimum Gasteiger partial charge on any atom is -0.550 e. The van der Waals surface area contributed by atoms with Gasteiger partial charge in [-0.15, -0.1) is 0 Å². The summed E-state index contributed by atoms with van der Waals surface area (Å²) in [5.41, 5.74) is -1.82. The number of nitrogens with one attached hydrogen (secondary N) is 1. The van der Waals surface area contributed by atoms with Gasteiger partial charge in [0, 0.05) is 11.9 Å². The fraction of sp³-hybridized carbons (Fsp3) is 0.333. The van der Waals surface area contributed by atoms with Crippen LogP contribution in [0.25, 0.3) is 0 Å². The van der Waals surface area contributed by atoms with Crippen molar-refractivity contribution in [2.24, 2.45) is 11.8 Å². The highest BCUT2D eigenvalue weighted by Gasteiger charge is 2.50. The van der Waals surface area contributed by atoms with Crippen LogP contribution in [-0.4, -0.2) is 24.1 Å². The van der Waals surface area contributed by atoms with Crippen molar-refractivity contribution in [3.8, 4) is 0 Å². The molecular formula is C15H10F4NO4-. The van der Waals surface area contributed by atoms with E-state index in [0.29, 0.717) is 18.2 Å². The van der Waals surface area contributed by atoms with E-state index in [1.165, 1.54) is 12.2 Å². The van der Waals surface area contributed by atoms with Gasteiger partial charge in [-0.2, -0.15) is 13.2 Å². The summed E-state index contributed by atoms with van der Waals surface area (Å²) in [5, 5.41) is 13.2. The average molecular weight is 344 g/mol. The summed E-state index contributed by atoms with van der Waals surface area (Å²) in [5.74, 6) is -6.02. The number of aliphatic carboxylic acids is 1. The Bertz CT molecular complexity index is 731. The Morgan fingerprint density at radius 1 is 1.12 bits per heavy atom. The number of anilines is 1. The number of halogens is 4. The summed E-state index contributed by atoms with van der Waals surface area (Å²) in [6.45, 7) is 0. The van der Waals surface area contributed by atoms with E-state index in [9.17, 15) is 32.3 Å². The second-order valence-corrected chi connectivity index (χ2v) is 5.50. The second kappa shape index (κ2) is 5.59. The van der Waals surface area contributed by atoms with Crippen LogP contribution in [0.1, 0.15) is 5.56 Å². The molecule has 2 aliphatic rings. The first-order chi connectivity index (χ1) is 11.2. The van der Waals surface area contributed by atoms with Crippen LogP contribution in [0.5, 0.6) is 0 Å². The summed E-state index contributed by atoms with van der Waals surface area (Å²) in [6.07, 6.45) is -3.44. The van der Waals surface area contributed by atoms with Crippen molar-refractivity contribution in [3.63, 3.8) is 0 Å². The number of hydrogen-bond acceptors (Lipinski definition) is 4. The number of fused-ring (bicyclic) bond motifs is 2. The molecule has 0 radical (unpaired) electrons. The molecule has 0 spiro atoms. The van der Waals surface area contributed by atoms with Crippen LogP contribution in [-0.2, 0) is 20.5 Å². The molecule has 0 aliphatic carbocycles. The predicted molar refractivity (Wildman–Crippen MR) is 69.8 cm³/mol. The molecule has 4 atom stereocenters. The molecule has 1 saturated heterocycles. The first-order valence-corrected chi connectivity index (χ1v) is 6.91. The minimum atomic E-state index is -4.71. The van der Waals surface area contributed by atoms with Gasteiger partial charge in [-0.1, -0.05) is 12.2 Å². The summed E-state index contributed by atoms with van der Waals surface area (Å²) in [4.78, 5) is 23.5. The molecule has 2 aliphatic heterocycles. The first-order valence-electron chi connectivity index (χ1n) is 6.91. The summed E-state index contributed by atoms with van der Waals surface area (Å²) >= 11 is 0. The second-order valence-electron chi connectivity index (χ2n) is 5.50.